The number of carbonyl (C=O) groups is 1. The van der Waals surface area contributed by atoms with Gasteiger partial charge in [0.2, 0.25) is 0 Å². The number of nitrogens with one attached hydrogen (secondary N) is 2. The van der Waals surface area contributed by atoms with Crippen LogP contribution in [0.15, 0.2) is 6.20 Å². The zero-order chi connectivity index (χ0) is 9.84. The molecular weight excluding hydrogens is 170 g/mol. The predicted octanol–water partition coefficient (Wildman–Crippen LogP) is 0.281. The Bertz CT molecular complexity index is 295. The Hall–Kier alpha value is -1.36. The number of aliphatic carboxylic acids is 1. The van der Waals surface area contributed by atoms with Crippen molar-refractivity contribution in [1.82, 2.24) is 15.3 Å². The number of carboxylic acid groups (broad SMARTS) is 1. The van der Waals surface area contributed by atoms with Crippen molar-refractivity contribution in [3.63, 3.8) is 0 Å². The molecule has 72 valence electrons. The maximum Gasteiger partial charge on any atom is 0.320 e. The van der Waals surface area contributed by atoms with E-state index in [0.29, 0.717) is 6.54 Å². The number of rotatable bonds is 4. The first-order chi connectivity index (χ1) is 6.09. The molecule has 0 bridgehead atoms. The lowest BCUT2D eigenvalue weighted by Crippen LogP contribution is -2.33. The monoisotopic (exact) mass is 183 g/mol. The van der Waals surface area contributed by atoms with Crippen LogP contribution in [0.2, 0.25) is 0 Å². The number of carboxylic acids is 1. The average Bonchev–Trinajstić information content (AvgIpc) is 2.47. The third-order valence-corrected chi connectivity index (χ3v) is 1.72. The van der Waals surface area contributed by atoms with Gasteiger partial charge in [0, 0.05) is 18.4 Å². The Balaban J connectivity index is 2.39. The zero-order valence-electron chi connectivity index (χ0n) is 7.66. The third-order valence-electron chi connectivity index (χ3n) is 1.72. The van der Waals surface area contributed by atoms with Crippen LogP contribution in [0, 0.1) is 6.92 Å². The number of aromatic amines is 1. The lowest BCUT2D eigenvalue weighted by atomic mass is 10.3. The predicted molar refractivity (Wildman–Crippen MR) is 47.3 cm³/mol. The SMILES string of the molecule is Cc1ncc(CNC(C)C(=O)O)[nH]1. The molecule has 0 fully saturated rings. The molecule has 3 N–H and O–H groups in total. The highest BCUT2D eigenvalue weighted by molar-refractivity contribution is 5.72. The van der Waals surface area contributed by atoms with Gasteiger partial charge in [-0.1, -0.05) is 0 Å². The molecule has 0 radical (unpaired) electrons. The van der Waals surface area contributed by atoms with Crippen molar-refractivity contribution in [3.05, 3.63) is 17.7 Å². The van der Waals surface area contributed by atoms with Gasteiger partial charge in [-0.3, -0.25) is 10.1 Å². The molecule has 1 aromatic heterocycles. The molecule has 0 aromatic carbocycles. The average molecular weight is 183 g/mol. The molecule has 1 atom stereocenters. The number of imidazole rings is 1. The van der Waals surface area contributed by atoms with Crippen molar-refractivity contribution in [2.45, 2.75) is 26.4 Å². The van der Waals surface area contributed by atoms with Crippen LogP contribution in [0.3, 0.4) is 0 Å². The summed E-state index contributed by atoms with van der Waals surface area (Å²) in [5.41, 5.74) is 0.894. The standard InChI is InChI=1S/C8H13N3O2/c1-5(8(12)13)9-3-7-4-10-6(2)11-7/h4-5,9H,3H2,1-2H3,(H,10,11)(H,12,13). The quantitative estimate of drug-likeness (QED) is 0.626. The fourth-order valence-corrected chi connectivity index (χ4v) is 0.912. The lowest BCUT2D eigenvalue weighted by molar-refractivity contribution is -0.139. The maximum atomic E-state index is 10.4. The Labute approximate surface area is 76.2 Å². The highest BCUT2D eigenvalue weighted by Crippen LogP contribution is 1.95. The van der Waals surface area contributed by atoms with Gasteiger partial charge in [0.1, 0.15) is 11.9 Å². The van der Waals surface area contributed by atoms with Crippen molar-refractivity contribution in [1.29, 1.82) is 0 Å². The van der Waals surface area contributed by atoms with Crippen molar-refractivity contribution in [2.75, 3.05) is 0 Å². The smallest absolute Gasteiger partial charge is 0.320 e. The van der Waals surface area contributed by atoms with Crippen molar-refractivity contribution >= 4 is 5.97 Å². The molecule has 1 heterocycles. The molecule has 1 aromatic rings. The topological polar surface area (TPSA) is 78.0 Å². The number of aryl methyl sites for hydroxylation is 1. The molecule has 0 spiro atoms. The van der Waals surface area contributed by atoms with E-state index in [0.717, 1.165) is 11.5 Å². The summed E-state index contributed by atoms with van der Waals surface area (Å²) >= 11 is 0. The molecule has 5 heteroatoms. The summed E-state index contributed by atoms with van der Waals surface area (Å²) in [5.74, 6) is -0.0176. The number of H-pyrrole nitrogens is 1. The van der Waals surface area contributed by atoms with Crippen LogP contribution in [-0.4, -0.2) is 27.1 Å². The number of aromatic nitrogens is 2. The highest BCUT2D eigenvalue weighted by atomic mass is 16.4. The highest BCUT2D eigenvalue weighted by Gasteiger charge is 2.09. The summed E-state index contributed by atoms with van der Waals surface area (Å²) in [5, 5.41) is 11.4. The second-order valence-electron chi connectivity index (χ2n) is 2.93. The third kappa shape index (κ3) is 2.87. The van der Waals surface area contributed by atoms with Crippen molar-refractivity contribution in [3.8, 4) is 0 Å². The van der Waals surface area contributed by atoms with E-state index >= 15 is 0 Å². The minimum absolute atomic E-state index is 0.494. The first-order valence-electron chi connectivity index (χ1n) is 4.06. The van der Waals surface area contributed by atoms with Crippen molar-refractivity contribution in [2.24, 2.45) is 0 Å². The summed E-state index contributed by atoms with van der Waals surface area (Å²) in [6, 6.07) is -0.538. The fourth-order valence-electron chi connectivity index (χ4n) is 0.912. The van der Waals surface area contributed by atoms with Gasteiger partial charge in [0.15, 0.2) is 0 Å². The molecule has 0 saturated heterocycles. The van der Waals surface area contributed by atoms with E-state index in [1.54, 1.807) is 13.1 Å². The maximum absolute atomic E-state index is 10.4. The normalized spacial score (nSPS) is 12.8. The lowest BCUT2D eigenvalue weighted by Gasteiger charge is -2.06. The minimum atomic E-state index is -0.851. The van der Waals surface area contributed by atoms with E-state index in [4.69, 9.17) is 5.11 Å². The van der Waals surface area contributed by atoms with Gasteiger partial charge in [-0.15, -0.1) is 0 Å². The molecule has 0 aliphatic carbocycles. The number of hydrogen-bond acceptors (Lipinski definition) is 3. The summed E-state index contributed by atoms with van der Waals surface area (Å²) < 4.78 is 0. The summed E-state index contributed by atoms with van der Waals surface area (Å²) in [6.45, 7) is 3.95. The summed E-state index contributed by atoms with van der Waals surface area (Å²) in [4.78, 5) is 17.4. The van der Waals surface area contributed by atoms with Crippen LogP contribution in [0.4, 0.5) is 0 Å². The van der Waals surface area contributed by atoms with Gasteiger partial charge in [0.05, 0.1) is 0 Å². The summed E-state index contributed by atoms with van der Waals surface area (Å²) in [7, 11) is 0. The van der Waals surface area contributed by atoms with Crippen LogP contribution >= 0.6 is 0 Å². The van der Waals surface area contributed by atoms with E-state index in [1.165, 1.54) is 0 Å². The van der Waals surface area contributed by atoms with Gasteiger partial charge in [0.25, 0.3) is 0 Å². The number of hydrogen-bond donors (Lipinski definition) is 3. The Morgan fingerprint density at radius 3 is 3.00 bits per heavy atom. The molecule has 0 aliphatic rings. The molecule has 0 amide bonds. The van der Waals surface area contributed by atoms with E-state index < -0.39 is 12.0 Å². The molecule has 0 aliphatic heterocycles. The number of nitrogens with zero attached hydrogens (tertiary/aromatic N) is 1. The largest absolute Gasteiger partial charge is 0.480 e. The van der Waals surface area contributed by atoms with Gasteiger partial charge in [-0.25, -0.2) is 4.98 Å². The van der Waals surface area contributed by atoms with Gasteiger partial charge in [-0.05, 0) is 13.8 Å². The molecule has 1 rings (SSSR count). The second kappa shape index (κ2) is 4.04. The fraction of sp³-hybridized carbons (Fsp3) is 0.500. The molecular formula is C8H13N3O2. The minimum Gasteiger partial charge on any atom is -0.480 e. The summed E-state index contributed by atoms with van der Waals surface area (Å²) in [6.07, 6.45) is 1.69. The van der Waals surface area contributed by atoms with E-state index in [9.17, 15) is 4.79 Å². The van der Waals surface area contributed by atoms with Crippen LogP contribution in [-0.2, 0) is 11.3 Å². The Morgan fingerprint density at radius 1 is 1.85 bits per heavy atom. The first kappa shape index (κ1) is 9.73. The zero-order valence-corrected chi connectivity index (χ0v) is 7.66. The Morgan fingerprint density at radius 2 is 2.54 bits per heavy atom. The molecule has 13 heavy (non-hydrogen) atoms. The Kier molecular flexibility index (Phi) is 3.02. The van der Waals surface area contributed by atoms with E-state index in [2.05, 4.69) is 15.3 Å². The second-order valence-corrected chi connectivity index (χ2v) is 2.93. The van der Waals surface area contributed by atoms with Crippen LogP contribution < -0.4 is 5.32 Å². The van der Waals surface area contributed by atoms with E-state index in [-0.39, 0.29) is 0 Å². The van der Waals surface area contributed by atoms with E-state index in [1.807, 2.05) is 6.92 Å². The van der Waals surface area contributed by atoms with Crippen molar-refractivity contribution < 1.29 is 9.90 Å². The van der Waals surface area contributed by atoms with Gasteiger partial charge < -0.3 is 10.1 Å². The van der Waals surface area contributed by atoms with Crippen LogP contribution in [0.1, 0.15) is 18.4 Å². The molecule has 5 nitrogen and oxygen atoms in total. The van der Waals surface area contributed by atoms with Gasteiger partial charge >= 0.3 is 5.97 Å². The molecule has 1 unspecified atom stereocenters. The molecule has 0 saturated carbocycles. The van der Waals surface area contributed by atoms with Gasteiger partial charge in [-0.2, -0.15) is 0 Å². The first-order valence-corrected chi connectivity index (χ1v) is 4.06. The van der Waals surface area contributed by atoms with Crippen LogP contribution in [0.25, 0.3) is 0 Å². The van der Waals surface area contributed by atoms with Crippen LogP contribution in [0.5, 0.6) is 0 Å².